The van der Waals surface area contributed by atoms with Crippen molar-refractivity contribution in [1.29, 1.82) is 0 Å². The predicted octanol–water partition coefficient (Wildman–Crippen LogP) is 6.11. The van der Waals surface area contributed by atoms with Gasteiger partial charge in [0.2, 0.25) is 0 Å². The van der Waals surface area contributed by atoms with E-state index < -0.39 is 27.5 Å². The molecule has 3 aromatic carbocycles. The van der Waals surface area contributed by atoms with E-state index in [2.05, 4.69) is 15.1 Å². The molecule has 2 fully saturated rings. The number of hydrogen-bond acceptors (Lipinski definition) is 7. The van der Waals surface area contributed by atoms with Crippen LogP contribution in [0.3, 0.4) is 0 Å². The first-order valence-electron chi connectivity index (χ1n) is 16.1. The summed E-state index contributed by atoms with van der Waals surface area (Å²) in [6.07, 6.45) is -1.63. The molecule has 0 saturated carbocycles. The number of alkyl halides is 3. The van der Waals surface area contributed by atoms with Crippen LogP contribution in [0.4, 0.5) is 13.2 Å². The second-order valence-corrected chi connectivity index (χ2v) is 14.6. The number of para-hydroxylation sites is 1. The Bertz CT molecular complexity index is 1870. The fourth-order valence-electron chi connectivity index (χ4n) is 6.77. The molecule has 48 heavy (non-hydrogen) atoms. The first-order chi connectivity index (χ1) is 22.9. The van der Waals surface area contributed by atoms with Gasteiger partial charge in [-0.2, -0.15) is 13.2 Å². The number of nitrogens with one attached hydrogen (secondary N) is 1. The van der Waals surface area contributed by atoms with Crippen molar-refractivity contribution >= 4 is 26.6 Å². The number of carbonyl (C=O) groups excluding carboxylic acids is 1. The third kappa shape index (κ3) is 7.41. The number of nitrogens with zero attached hydrogens (tertiary/aromatic N) is 3. The van der Waals surface area contributed by atoms with Gasteiger partial charge in [0.05, 0.1) is 46.5 Å². The molecule has 1 N–H and O–H groups in total. The van der Waals surface area contributed by atoms with Gasteiger partial charge in [-0.25, -0.2) is 13.4 Å². The number of hydrogen-bond donors (Lipinski definition) is 1. The molecule has 0 aliphatic carbocycles. The van der Waals surface area contributed by atoms with Crippen LogP contribution in [0, 0.1) is 0 Å². The lowest BCUT2D eigenvalue weighted by atomic mass is 9.93. The average molecular weight is 681 g/mol. The Balaban J connectivity index is 1.48. The lowest BCUT2D eigenvalue weighted by Gasteiger charge is -2.40. The lowest BCUT2D eigenvalue weighted by Crippen LogP contribution is -2.48. The molecule has 0 radical (unpaired) electrons. The molecule has 1 atom stereocenters. The standard InChI is InChI=1S/C36H39F3N4O4S/c1-24(25-7-4-3-5-8-25)40-35(44)32-29-9-6-10-31(48(2,45)46)34(29)41-33(26-11-13-27(14-12-26)36(37,38)39)30(32)23-42-17-15-28(16-18-42)43-19-21-47-22-20-43/h3-14,24,28H,15-23H2,1-2H3,(H,40,44)/t24-/m0/s1. The number of fused-ring (bicyclic) bond motifs is 1. The minimum absolute atomic E-state index is 0.0591. The lowest BCUT2D eigenvalue weighted by molar-refractivity contribution is -0.137. The minimum atomic E-state index is -4.54. The molecule has 3 heterocycles. The fraction of sp³-hybridized carbons (Fsp3) is 0.389. The third-order valence-electron chi connectivity index (χ3n) is 9.34. The van der Waals surface area contributed by atoms with Gasteiger partial charge in [-0.1, -0.05) is 54.6 Å². The number of aromatic nitrogens is 1. The van der Waals surface area contributed by atoms with Crippen molar-refractivity contribution < 1.29 is 31.1 Å². The van der Waals surface area contributed by atoms with Gasteiger partial charge in [0.15, 0.2) is 9.84 Å². The molecule has 8 nitrogen and oxygen atoms in total. The first kappa shape index (κ1) is 34.0. The monoisotopic (exact) mass is 680 g/mol. The Morgan fingerprint density at radius 1 is 0.958 bits per heavy atom. The maximum Gasteiger partial charge on any atom is 0.416 e. The Morgan fingerprint density at radius 2 is 1.62 bits per heavy atom. The number of sulfone groups is 1. The van der Waals surface area contributed by atoms with E-state index >= 15 is 0 Å². The van der Waals surface area contributed by atoms with Gasteiger partial charge in [0.1, 0.15) is 0 Å². The highest BCUT2D eigenvalue weighted by Gasteiger charge is 2.32. The Kier molecular flexibility index (Phi) is 9.89. The van der Waals surface area contributed by atoms with Crippen LogP contribution in [0.2, 0.25) is 0 Å². The van der Waals surface area contributed by atoms with E-state index in [0.29, 0.717) is 29.1 Å². The number of pyridine rings is 1. The SMILES string of the molecule is C[C@H](NC(=O)c1c(CN2CCC(N3CCOCC3)CC2)c(-c2ccc(C(F)(F)F)cc2)nc2c(S(C)(=O)=O)cccc12)c1ccccc1. The number of likely N-dealkylation sites (tertiary alicyclic amines) is 1. The van der Waals surface area contributed by atoms with Gasteiger partial charge in [0, 0.05) is 48.4 Å². The molecular weight excluding hydrogens is 641 g/mol. The van der Waals surface area contributed by atoms with E-state index in [4.69, 9.17) is 9.72 Å². The number of rotatable bonds is 8. The minimum Gasteiger partial charge on any atom is -0.379 e. The maximum absolute atomic E-state index is 14.4. The largest absolute Gasteiger partial charge is 0.416 e. The highest BCUT2D eigenvalue weighted by Crippen LogP contribution is 2.37. The summed E-state index contributed by atoms with van der Waals surface area (Å²) >= 11 is 0. The highest BCUT2D eigenvalue weighted by molar-refractivity contribution is 7.91. The number of amides is 1. The van der Waals surface area contributed by atoms with E-state index in [1.54, 1.807) is 12.1 Å². The van der Waals surface area contributed by atoms with Crippen LogP contribution in [0.1, 0.15) is 52.9 Å². The van der Waals surface area contributed by atoms with Crippen LogP contribution in [0.5, 0.6) is 0 Å². The molecular formula is C36H39F3N4O4S. The third-order valence-corrected chi connectivity index (χ3v) is 10.5. The molecule has 6 rings (SSSR count). The molecule has 2 aliphatic rings. The molecule has 0 bridgehead atoms. The van der Waals surface area contributed by atoms with Crippen molar-refractivity contribution in [3.63, 3.8) is 0 Å². The van der Waals surface area contributed by atoms with Crippen LogP contribution in [0.15, 0.2) is 77.7 Å². The molecule has 12 heteroatoms. The normalized spacial score (nSPS) is 17.8. The van der Waals surface area contributed by atoms with E-state index in [9.17, 15) is 26.4 Å². The number of ether oxygens (including phenoxy) is 1. The first-order valence-corrected chi connectivity index (χ1v) is 18.0. The van der Waals surface area contributed by atoms with Crippen molar-refractivity contribution in [1.82, 2.24) is 20.1 Å². The average Bonchev–Trinajstić information content (AvgIpc) is 3.08. The molecule has 4 aromatic rings. The van der Waals surface area contributed by atoms with Crippen LogP contribution in [0.25, 0.3) is 22.2 Å². The van der Waals surface area contributed by atoms with Crippen LogP contribution >= 0.6 is 0 Å². The number of carbonyl (C=O) groups is 1. The maximum atomic E-state index is 14.4. The quantitative estimate of drug-likeness (QED) is 0.240. The molecule has 254 valence electrons. The van der Waals surface area contributed by atoms with Gasteiger partial charge in [0.25, 0.3) is 5.91 Å². The van der Waals surface area contributed by atoms with Crippen molar-refractivity contribution in [2.75, 3.05) is 45.6 Å². The van der Waals surface area contributed by atoms with Crippen LogP contribution in [-0.4, -0.2) is 80.8 Å². The van der Waals surface area contributed by atoms with E-state index in [1.807, 2.05) is 37.3 Å². The van der Waals surface area contributed by atoms with Crippen molar-refractivity contribution in [2.45, 2.75) is 49.5 Å². The summed E-state index contributed by atoms with van der Waals surface area (Å²) in [5.41, 5.74) is 1.61. The summed E-state index contributed by atoms with van der Waals surface area (Å²) < 4.78 is 72.1. The van der Waals surface area contributed by atoms with Crippen LogP contribution in [-0.2, 0) is 27.3 Å². The topological polar surface area (TPSA) is 91.8 Å². The molecule has 2 aliphatic heterocycles. The van der Waals surface area contributed by atoms with Crippen molar-refractivity contribution in [3.05, 3.63) is 95.1 Å². The molecule has 0 spiro atoms. The summed E-state index contributed by atoms with van der Waals surface area (Å²) in [7, 11) is -3.79. The van der Waals surface area contributed by atoms with Crippen molar-refractivity contribution in [3.8, 4) is 11.3 Å². The zero-order valence-corrected chi connectivity index (χ0v) is 27.8. The van der Waals surface area contributed by atoms with Gasteiger partial charge < -0.3 is 10.1 Å². The van der Waals surface area contributed by atoms with Gasteiger partial charge in [-0.3, -0.25) is 14.6 Å². The number of halogens is 3. The van der Waals surface area contributed by atoms with Gasteiger partial charge in [-0.15, -0.1) is 0 Å². The summed E-state index contributed by atoms with van der Waals surface area (Å²) in [6, 6.07) is 18.9. The van der Waals surface area contributed by atoms with E-state index in [0.717, 1.165) is 76.2 Å². The second-order valence-electron chi connectivity index (χ2n) is 12.6. The van der Waals surface area contributed by atoms with E-state index in [-0.39, 0.29) is 27.7 Å². The zero-order chi connectivity index (χ0) is 34.1. The molecule has 0 unspecified atom stereocenters. The number of morpholine rings is 1. The zero-order valence-electron chi connectivity index (χ0n) is 27.0. The highest BCUT2D eigenvalue weighted by atomic mass is 32.2. The number of piperidine rings is 1. The Labute approximate surface area is 278 Å². The second kappa shape index (κ2) is 13.9. The molecule has 1 amide bonds. The Morgan fingerprint density at radius 3 is 2.25 bits per heavy atom. The van der Waals surface area contributed by atoms with Crippen molar-refractivity contribution in [2.24, 2.45) is 0 Å². The van der Waals surface area contributed by atoms with Gasteiger partial charge >= 0.3 is 6.18 Å². The number of benzene rings is 3. The van der Waals surface area contributed by atoms with Gasteiger partial charge in [-0.05, 0) is 56.6 Å². The Hall–Kier alpha value is -3.84. The summed E-state index contributed by atoms with van der Waals surface area (Å²) in [5.74, 6) is -0.421. The molecule has 1 aromatic heterocycles. The smallest absolute Gasteiger partial charge is 0.379 e. The van der Waals surface area contributed by atoms with E-state index in [1.165, 1.54) is 18.2 Å². The molecule has 2 saturated heterocycles. The summed E-state index contributed by atoms with van der Waals surface area (Å²) in [5, 5.41) is 3.46. The summed E-state index contributed by atoms with van der Waals surface area (Å²) in [6.45, 7) is 6.89. The van der Waals surface area contributed by atoms with Crippen LogP contribution < -0.4 is 5.32 Å². The fourth-order valence-corrected chi connectivity index (χ4v) is 7.60. The summed E-state index contributed by atoms with van der Waals surface area (Å²) in [4.78, 5) is 23.9. The predicted molar refractivity (Wildman–Crippen MR) is 178 cm³/mol.